The maximum absolute atomic E-state index is 12.0. The fourth-order valence-corrected chi connectivity index (χ4v) is 2.30. The predicted molar refractivity (Wildman–Crippen MR) is 81.9 cm³/mol. The first kappa shape index (κ1) is 15.3. The maximum Gasteiger partial charge on any atom is 0.335 e. The number of hydrogen-bond donors (Lipinski definition) is 2. The van der Waals surface area contributed by atoms with Crippen LogP contribution in [-0.2, 0) is 6.54 Å². The second kappa shape index (κ2) is 6.13. The van der Waals surface area contributed by atoms with Gasteiger partial charge in [-0.1, -0.05) is 6.92 Å². The number of hydrogen-bond acceptors (Lipinski definition) is 3. The molecule has 0 saturated carbocycles. The van der Waals surface area contributed by atoms with Crippen molar-refractivity contribution < 1.29 is 9.90 Å². The summed E-state index contributed by atoms with van der Waals surface area (Å²) in [7, 11) is 2.02. The van der Waals surface area contributed by atoms with Crippen molar-refractivity contribution in [3.63, 3.8) is 0 Å². The van der Waals surface area contributed by atoms with E-state index in [0.717, 1.165) is 13.0 Å². The van der Waals surface area contributed by atoms with E-state index in [2.05, 4.69) is 23.7 Å². The van der Waals surface area contributed by atoms with Crippen LogP contribution in [0.4, 0.5) is 0 Å². The summed E-state index contributed by atoms with van der Waals surface area (Å²) in [5, 5.41) is 9.06. The van der Waals surface area contributed by atoms with Crippen LogP contribution >= 0.6 is 0 Å². The van der Waals surface area contributed by atoms with Gasteiger partial charge < -0.3 is 15.0 Å². The van der Waals surface area contributed by atoms with Gasteiger partial charge in [0.05, 0.1) is 16.6 Å². The van der Waals surface area contributed by atoms with Gasteiger partial charge in [0.25, 0.3) is 0 Å². The Bertz CT molecular complexity index is 702. The number of carboxylic acids is 1. The number of nitrogens with zero attached hydrogens (tertiary/aromatic N) is 2. The number of rotatable bonds is 6. The van der Waals surface area contributed by atoms with E-state index in [1.165, 1.54) is 6.07 Å². The zero-order chi connectivity index (χ0) is 15.6. The molecule has 1 heterocycles. The van der Waals surface area contributed by atoms with Gasteiger partial charge in [-0.05, 0) is 38.6 Å². The van der Waals surface area contributed by atoms with Gasteiger partial charge in [-0.25, -0.2) is 9.59 Å². The second-order valence-corrected chi connectivity index (χ2v) is 5.36. The van der Waals surface area contributed by atoms with Gasteiger partial charge in [-0.3, -0.25) is 4.57 Å². The number of benzene rings is 1. The largest absolute Gasteiger partial charge is 0.478 e. The highest BCUT2D eigenvalue weighted by atomic mass is 16.4. The average Bonchev–Trinajstić information content (AvgIpc) is 2.78. The van der Waals surface area contributed by atoms with Crippen LogP contribution < -0.4 is 5.69 Å². The molecule has 0 saturated heterocycles. The standard InChI is InChI=1S/C15H21N3O3/c1-4-10(2)17(3)7-8-18-13-9-11(14(19)20)5-6-12(13)16-15(18)21/h5-6,9-10H,4,7-8H2,1-3H3,(H,16,21)(H,19,20). The van der Waals surface area contributed by atoms with Gasteiger partial charge in [0.15, 0.2) is 0 Å². The molecule has 1 unspecified atom stereocenters. The molecule has 0 spiro atoms. The lowest BCUT2D eigenvalue weighted by molar-refractivity contribution is 0.0697. The smallest absolute Gasteiger partial charge is 0.335 e. The summed E-state index contributed by atoms with van der Waals surface area (Å²) in [5.74, 6) is -0.992. The summed E-state index contributed by atoms with van der Waals surface area (Å²) < 4.78 is 1.60. The highest BCUT2D eigenvalue weighted by Crippen LogP contribution is 2.13. The lowest BCUT2D eigenvalue weighted by Gasteiger charge is -2.23. The van der Waals surface area contributed by atoms with Crippen LogP contribution in [-0.4, -0.2) is 45.2 Å². The maximum atomic E-state index is 12.0. The van der Waals surface area contributed by atoms with Crippen LogP contribution in [0.25, 0.3) is 11.0 Å². The summed E-state index contributed by atoms with van der Waals surface area (Å²) in [6.07, 6.45) is 1.04. The SMILES string of the molecule is CCC(C)N(C)CCn1c(=O)[nH]c2ccc(C(=O)O)cc21. The van der Waals surface area contributed by atoms with Crippen molar-refractivity contribution in [2.24, 2.45) is 0 Å². The summed E-state index contributed by atoms with van der Waals surface area (Å²) >= 11 is 0. The number of aromatic nitrogens is 2. The van der Waals surface area contributed by atoms with E-state index in [0.29, 0.717) is 23.6 Å². The third-order valence-electron chi connectivity index (χ3n) is 4.04. The highest BCUT2D eigenvalue weighted by molar-refractivity contribution is 5.92. The molecular formula is C15H21N3O3. The summed E-state index contributed by atoms with van der Waals surface area (Å²) in [6, 6.07) is 5.12. The molecule has 0 aliphatic carbocycles. The summed E-state index contributed by atoms with van der Waals surface area (Å²) in [6.45, 7) is 5.53. The van der Waals surface area contributed by atoms with Crippen molar-refractivity contribution in [3.05, 3.63) is 34.2 Å². The van der Waals surface area contributed by atoms with Crippen LogP contribution in [0.15, 0.2) is 23.0 Å². The Kier molecular flexibility index (Phi) is 4.47. The van der Waals surface area contributed by atoms with E-state index in [9.17, 15) is 9.59 Å². The van der Waals surface area contributed by atoms with Crippen LogP contribution in [0.5, 0.6) is 0 Å². The molecule has 2 rings (SSSR count). The number of nitrogens with one attached hydrogen (secondary N) is 1. The van der Waals surface area contributed by atoms with E-state index in [4.69, 9.17) is 5.11 Å². The van der Waals surface area contributed by atoms with Crippen LogP contribution in [0.1, 0.15) is 30.6 Å². The number of carboxylic acid groups (broad SMARTS) is 1. The Morgan fingerprint density at radius 2 is 2.19 bits per heavy atom. The molecule has 6 heteroatoms. The molecule has 114 valence electrons. The first-order valence-corrected chi connectivity index (χ1v) is 7.10. The monoisotopic (exact) mass is 291 g/mol. The first-order valence-electron chi connectivity index (χ1n) is 7.10. The molecule has 6 nitrogen and oxygen atoms in total. The number of aromatic carboxylic acids is 1. The van der Waals surface area contributed by atoms with Gasteiger partial charge in [0.2, 0.25) is 0 Å². The van der Waals surface area contributed by atoms with E-state index in [1.807, 2.05) is 7.05 Å². The number of likely N-dealkylation sites (N-methyl/N-ethyl adjacent to an activating group) is 1. The van der Waals surface area contributed by atoms with Gasteiger partial charge >= 0.3 is 11.7 Å². The summed E-state index contributed by atoms with van der Waals surface area (Å²) in [5.41, 5.74) is 1.28. The molecule has 0 amide bonds. The van der Waals surface area contributed by atoms with Crippen molar-refractivity contribution in [2.75, 3.05) is 13.6 Å². The van der Waals surface area contributed by atoms with Gasteiger partial charge in [-0.2, -0.15) is 0 Å². The van der Waals surface area contributed by atoms with E-state index >= 15 is 0 Å². The Hall–Kier alpha value is -2.08. The second-order valence-electron chi connectivity index (χ2n) is 5.36. The first-order chi connectivity index (χ1) is 9.93. The molecule has 1 atom stereocenters. The Balaban J connectivity index is 2.30. The zero-order valence-electron chi connectivity index (χ0n) is 12.6. The number of imidazole rings is 1. The zero-order valence-corrected chi connectivity index (χ0v) is 12.6. The Morgan fingerprint density at radius 3 is 2.81 bits per heavy atom. The number of H-pyrrole nitrogens is 1. The van der Waals surface area contributed by atoms with Crippen molar-refractivity contribution in [2.45, 2.75) is 32.9 Å². The molecule has 2 aromatic rings. The third-order valence-corrected chi connectivity index (χ3v) is 4.04. The quantitative estimate of drug-likeness (QED) is 0.850. The molecule has 0 fully saturated rings. The molecule has 2 N–H and O–H groups in total. The molecule has 0 radical (unpaired) electrons. The molecule has 1 aromatic carbocycles. The normalized spacial score (nSPS) is 13.0. The lowest BCUT2D eigenvalue weighted by atomic mass is 10.2. The van der Waals surface area contributed by atoms with E-state index < -0.39 is 5.97 Å². The lowest BCUT2D eigenvalue weighted by Crippen LogP contribution is -2.33. The summed E-state index contributed by atoms with van der Waals surface area (Å²) in [4.78, 5) is 28.0. The third kappa shape index (κ3) is 3.16. The van der Waals surface area contributed by atoms with Crippen LogP contribution in [0.3, 0.4) is 0 Å². The van der Waals surface area contributed by atoms with E-state index in [1.54, 1.807) is 16.7 Å². The average molecular weight is 291 g/mol. The van der Waals surface area contributed by atoms with Gasteiger partial charge in [-0.15, -0.1) is 0 Å². The van der Waals surface area contributed by atoms with Crippen molar-refractivity contribution in [1.29, 1.82) is 0 Å². The Labute approximate surface area is 123 Å². The Morgan fingerprint density at radius 1 is 1.48 bits per heavy atom. The molecular weight excluding hydrogens is 270 g/mol. The molecule has 0 bridgehead atoms. The van der Waals surface area contributed by atoms with Crippen molar-refractivity contribution in [3.8, 4) is 0 Å². The topological polar surface area (TPSA) is 78.3 Å². The minimum absolute atomic E-state index is 0.186. The van der Waals surface area contributed by atoms with Crippen LogP contribution in [0, 0.1) is 0 Å². The molecule has 0 aliphatic heterocycles. The highest BCUT2D eigenvalue weighted by Gasteiger charge is 2.12. The minimum atomic E-state index is -0.992. The number of carbonyl (C=O) groups is 1. The molecule has 1 aromatic heterocycles. The van der Waals surface area contributed by atoms with E-state index in [-0.39, 0.29) is 11.3 Å². The fraction of sp³-hybridized carbons (Fsp3) is 0.467. The molecule has 0 aliphatic rings. The fourth-order valence-electron chi connectivity index (χ4n) is 2.30. The number of aromatic amines is 1. The van der Waals surface area contributed by atoms with Gasteiger partial charge in [0.1, 0.15) is 0 Å². The van der Waals surface area contributed by atoms with Crippen molar-refractivity contribution >= 4 is 17.0 Å². The van der Waals surface area contributed by atoms with Crippen LogP contribution in [0.2, 0.25) is 0 Å². The minimum Gasteiger partial charge on any atom is -0.478 e. The number of fused-ring (bicyclic) bond motifs is 1. The van der Waals surface area contributed by atoms with Gasteiger partial charge in [0, 0.05) is 19.1 Å². The molecule has 21 heavy (non-hydrogen) atoms. The predicted octanol–water partition coefficient (Wildman–Crippen LogP) is 1.76. The van der Waals surface area contributed by atoms with Crippen molar-refractivity contribution in [1.82, 2.24) is 14.5 Å².